The molecule has 0 unspecified atom stereocenters. The molecule has 0 spiro atoms. The van der Waals surface area contributed by atoms with Crippen molar-refractivity contribution >= 4 is 37.8 Å². The van der Waals surface area contributed by atoms with Crippen molar-refractivity contribution in [1.29, 1.82) is 0 Å². The maximum atomic E-state index is 12.6. The van der Waals surface area contributed by atoms with Crippen LogP contribution in [0.2, 0.25) is 0 Å². The average Bonchev–Trinajstić information content (AvgIpc) is 3.00. The van der Waals surface area contributed by atoms with Crippen molar-refractivity contribution in [3.8, 4) is 0 Å². The first kappa shape index (κ1) is 19.2. The van der Waals surface area contributed by atoms with Crippen molar-refractivity contribution in [2.45, 2.75) is 76.0 Å². The number of hydrogen-bond acceptors (Lipinski definition) is 3. The molecule has 0 aromatic rings. The zero-order valence-corrected chi connectivity index (χ0v) is 18.2. The summed E-state index contributed by atoms with van der Waals surface area (Å²) in [6.07, 6.45) is 4.97. The largest absolute Gasteiger partial charge is 0.277 e. The molecule has 2 nitrogen and oxygen atoms in total. The monoisotopic (exact) mass is 447 g/mol. The van der Waals surface area contributed by atoms with Crippen LogP contribution in [0.4, 0.5) is 0 Å². The predicted molar refractivity (Wildman–Crippen MR) is 97.6 cm³/mol. The third-order valence-electron chi connectivity index (χ3n) is 5.61. The second-order valence-corrected chi connectivity index (χ2v) is 14.8. The first-order valence-electron chi connectivity index (χ1n) is 8.16. The van der Waals surface area contributed by atoms with Gasteiger partial charge in [-0.15, -0.1) is 0 Å². The summed E-state index contributed by atoms with van der Waals surface area (Å²) in [4.78, 5) is 25.1. The minimum Gasteiger partial charge on any atom is -0.277 e. The van der Waals surface area contributed by atoms with E-state index in [1.54, 1.807) is 0 Å². The van der Waals surface area contributed by atoms with E-state index in [9.17, 15) is 9.59 Å². The van der Waals surface area contributed by atoms with Crippen LogP contribution < -0.4 is 0 Å². The van der Waals surface area contributed by atoms with Gasteiger partial charge >= 0.3 is 0 Å². The molecule has 2 fully saturated rings. The summed E-state index contributed by atoms with van der Waals surface area (Å²) in [6, 6.07) is 0. The molecule has 3 aliphatic rings. The molecule has 3 rings (SSSR count). The van der Waals surface area contributed by atoms with E-state index in [-0.39, 0.29) is 29.7 Å². The topological polar surface area (TPSA) is 34.1 Å². The maximum absolute atomic E-state index is 12.6. The van der Waals surface area contributed by atoms with Crippen molar-refractivity contribution < 1.29 is 29.1 Å². The van der Waals surface area contributed by atoms with Crippen LogP contribution in [0.1, 0.15) is 53.4 Å². The van der Waals surface area contributed by atoms with E-state index in [2.05, 4.69) is 27.7 Å². The van der Waals surface area contributed by atoms with Crippen LogP contribution in [0, 0.1) is 0 Å². The SMILES string of the molecule is C[C@@H]1CC[C@@H](C)[PH+]1C1=C([PH+]2[C@H](C)CC[C@H]2C)C(=O)SC1=O.[Rh]. The van der Waals surface area contributed by atoms with Crippen LogP contribution in [0.25, 0.3) is 0 Å². The molecular weight excluding hydrogens is 421 g/mol. The Labute approximate surface area is 153 Å². The summed E-state index contributed by atoms with van der Waals surface area (Å²) >= 11 is 1.02. The number of carbonyl (C=O) groups excluding carboxylic acids is 2. The summed E-state index contributed by atoms with van der Waals surface area (Å²) in [5.41, 5.74) is 2.61. The van der Waals surface area contributed by atoms with Gasteiger partial charge in [0.25, 0.3) is 10.2 Å². The van der Waals surface area contributed by atoms with Gasteiger partial charge in [-0.05, 0) is 53.4 Å². The van der Waals surface area contributed by atoms with Crippen LogP contribution >= 0.6 is 27.6 Å². The molecule has 6 heteroatoms. The fourth-order valence-electron chi connectivity index (χ4n) is 4.49. The number of thioether (sulfide) groups is 1. The summed E-state index contributed by atoms with van der Waals surface area (Å²) < 4.78 is 0. The van der Waals surface area contributed by atoms with E-state index in [0.717, 1.165) is 22.4 Å². The Morgan fingerprint density at radius 1 is 0.727 bits per heavy atom. The van der Waals surface area contributed by atoms with Gasteiger partial charge in [0.05, 0.1) is 22.6 Å². The Bertz CT molecular complexity index is 458. The molecule has 0 N–H and O–H groups in total. The molecule has 0 aromatic heterocycles. The predicted octanol–water partition coefficient (Wildman–Crippen LogP) is 4.57. The first-order chi connectivity index (χ1) is 9.91. The second kappa shape index (κ2) is 7.43. The third-order valence-corrected chi connectivity index (χ3v) is 14.5. The molecule has 3 heterocycles. The fraction of sp³-hybridized carbons (Fsp3) is 0.750. The molecule has 2 saturated heterocycles. The molecule has 125 valence electrons. The van der Waals surface area contributed by atoms with Gasteiger partial charge in [-0.25, -0.2) is 0 Å². The molecule has 0 bridgehead atoms. The van der Waals surface area contributed by atoms with Gasteiger partial charge < -0.3 is 0 Å². The van der Waals surface area contributed by atoms with Crippen LogP contribution in [-0.4, -0.2) is 32.9 Å². The number of hydrogen-bond donors (Lipinski definition) is 0. The molecule has 0 saturated carbocycles. The average molecular weight is 447 g/mol. The number of rotatable bonds is 2. The van der Waals surface area contributed by atoms with E-state index < -0.39 is 15.8 Å². The Balaban J connectivity index is 0.00000176. The quantitative estimate of drug-likeness (QED) is 0.460. The van der Waals surface area contributed by atoms with Gasteiger partial charge in [0.1, 0.15) is 0 Å². The summed E-state index contributed by atoms with van der Waals surface area (Å²) in [7, 11) is -1.69. The summed E-state index contributed by atoms with van der Waals surface area (Å²) in [5, 5.41) is 2.41. The minimum absolute atomic E-state index is 0. The maximum Gasteiger partial charge on any atom is 0.266 e. The Kier molecular flexibility index (Phi) is 6.50. The standard InChI is InChI=1S/C16H24O2P2S.Rh/c1-9-5-6-10(2)19(9)13-14(16(18)21-15(13)17)20-11(3)7-8-12(20)4;/h9-12H,5-8H2,1-4H3;/p+2/t9-,10-,11-,12-;/m1./s1. The van der Waals surface area contributed by atoms with Crippen LogP contribution in [0.5, 0.6) is 0 Å². The van der Waals surface area contributed by atoms with Gasteiger partial charge in [0, 0.05) is 47.1 Å². The zero-order chi connectivity index (χ0) is 15.3. The molecule has 1 radical (unpaired) electrons. The van der Waals surface area contributed by atoms with Gasteiger partial charge in [-0.3, -0.25) is 9.59 Å². The second-order valence-electron chi connectivity index (χ2n) is 7.10. The first-order valence-corrected chi connectivity index (χ1v) is 12.3. The Morgan fingerprint density at radius 2 is 1.00 bits per heavy atom. The summed E-state index contributed by atoms with van der Waals surface area (Å²) in [5.74, 6) is 0. The van der Waals surface area contributed by atoms with E-state index in [0.29, 0.717) is 22.6 Å². The van der Waals surface area contributed by atoms with Crippen molar-refractivity contribution in [3.63, 3.8) is 0 Å². The number of carbonyl (C=O) groups is 2. The molecular formula is C16H26O2P2RhS+2. The molecule has 3 aliphatic heterocycles. The summed E-state index contributed by atoms with van der Waals surface area (Å²) in [6.45, 7) is 9.23. The van der Waals surface area contributed by atoms with E-state index in [1.165, 1.54) is 25.7 Å². The van der Waals surface area contributed by atoms with Gasteiger partial charge in [0.15, 0.2) is 10.6 Å². The molecule has 0 aromatic carbocycles. The normalized spacial score (nSPS) is 37.3. The van der Waals surface area contributed by atoms with Crippen molar-refractivity contribution in [2.24, 2.45) is 0 Å². The van der Waals surface area contributed by atoms with Crippen molar-refractivity contribution in [3.05, 3.63) is 10.6 Å². The molecule has 4 atom stereocenters. The van der Waals surface area contributed by atoms with Crippen molar-refractivity contribution in [2.75, 3.05) is 0 Å². The smallest absolute Gasteiger partial charge is 0.266 e. The molecule has 0 aliphatic carbocycles. The van der Waals surface area contributed by atoms with E-state index >= 15 is 0 Å². The van der Waals surface area contributed by atoms with E-state index in [1.807, 2.05) is 0 Å². The molecule has 22 heavy (non-hydrogen) atoms. The van der Waals surface area contributed by atoms with E-state index in [4.69, 9.17) is 0 Å². The van der Waals surface area contributed by atoms with Crippen LogP contribution in [-0.2, 0) is 29.1 Å². The zero-order valence-electron chi connectivity index (χ0n) is 13.7. The van der Waals surface area contributed by atoms with Crippen molar-refractivity contribution in [1.82, 2.24) is 0 Å². The van der Waals surface area contributed by atoms with Gasteiger partial charge in [-0.1, -0.05) is 0 Å². The molecule has 0 amide bonds. The van der Waals surface area contributed by atoms with Gasteiger partial charge in [0.2, 0.25) is 0 Å². The van der Waals surface area contributed by atoms with Gasteiger partial charge in [-0.2, -0.15) is 0 Å². The Morgan fingerprint density at radius 3 is 1.27 bits per heavy atom. The van der Waals surface area contributed by atoms with Crippen LogP contribution in [0.15, 0.2) is 10.6 Å². The van der Waals surface area contributed by atoms with Crippen LogP contribution in [0.3, 0.4) is 0 Å². The third kappa shape index (κ3) is 3.20. The minimum atomic E-state index is -0.844. The Hall–Kier alpha value is 0.913. The fourth-order valence-corrected chi connectivity index (χ4v) is 14.2.